The van der Waals surface area contributed by atoms with Gasteiger partial charge in [-0.15, -0.1) is 0 Å². The summed E-state index contributed by atoms with van der Waals surface area (Å²) in [5, 5.41) is 9.02. The Morgan fingerprint density at radius 2 is 1.86 bits per heavy atom. The number of nitrogens with zero attached hydrogens (tertiary/aromatic N) is 1. The predicted octanol–water partition coefficient (Wildman–Crippen LogP) is 3.97. The first kappa shape index (κ1) is 15.8. The second kappa shape index (κ2) is 6.48. The van der Waals surface area contributed by atoms with Gasteiger partial charge in [0.1, 0.15) is 0 Å². The molecule has 0 amide bonds. The van der Waals surface area contributed by atoms with E-state index in [2.05, 4.69) is 20.7 Å². The maximum atomic E-state index is 12.3. The summed E-state index contributed by atoms with van der Waals surface area (Å²) in [6.45, 7) is 0. The minimum atomic E-state index is -3.71. The fourth-order valence-electron chi connectivity index (χ4n) is 1.66. The van der Waals surface area contributed by atoms with E-state index in [1.54, 1.807) is 30.3 Å². The summed E-state index contributed by atoms with van der Waals surface area (Å²) in [4.78, 5) is 0.121. The summed E-state index contributed by atoms with van der Waals surface area (Å²) in [5.41, 5.74) is 1.13. The summed E-state index contributed by atoms with van der Waals surface area (Å²) in [6.07, 6.45) is 0.244. The van der Waals surface area contributed by atoms with Crippen molar-refractivity contribution >= 4 is 43.2 Å². The van der Waals surface area contributed by atoms with Gasteiger partial charge in [-0.1, -0.05) is 29.8 Å². The van der Waals surface area contributed by atoms with E-state index in [-0.39, 0.29) is 11.3 Å². The van der Waals surface area contributed by atoms with Crippen LogP contribution in [-0.4, -0.2) is 8.42 Å². The Hall–Kier alpha value is -1.55. The summed E-state index contributed by atoms with van der Waals surface area (Å²) in [7, 11) is -3.71. The van der Waals surface area contributed by atoms with Gasteiger partial charge in [-0.25, -0.2) is 8.42 Å². The molecule has 2 aromatic carbocycles. The maximum absolute atomic E-state index is 12.3. The van der Waals surface area contributed by atoms with Crippen LogP contribution in [0.4, 0.5) is 5.69 Å². The highest BCUT2D eigenvalue weighted by atomic mass is 79.9. The predicted molar refractivity (Wildman–Crippen MR) is 85.7 cm³/mol. The van der Waals surface area contributed by atoms with Crippen LogP contribution in [0.15, 0.2) is 51.8 Å². The van der Waals surface area contributed by atoms with E-state index < -0.39 is 10.0 Å². The molecule has 2 aromatic rings. The van der Waals surface area contributed by atoms with Crippen molar-refractivity contribution in [3.63, 3.8) is 0 Å². The van der Waals surface area contributed by atoms with Crippen LogP contribution in [0, 0.1) is 11.3 Å². The molecule has 0 aliphatic rings. The first-order chi connectivity index (χ1) is 9.94. The van der Waals surface area contributed by atoms with Gasteiger partial charge < -0.3 is 0 Å². The Bertz CT molecular complexity index is 799. The second-order valence-corrected chi connectivity index (χ2v) is 7.07. The van der Waals surface area contributed by atoms with Crippen molar-refractivity contribution in [1.82, 2.24) is 0 Å². The molecule has 0 aliphatic carbocycles. The third kappa shape index (κ3) is 3.76. The molecular weight excluding hydrogens is 376 g/mol. The molecule has 0 bridgehead atoms. The van der Waals surface area contributed by atoms with Crippen molar-refractivity contribution in [2.24, 2.45) is 0 Å². The molecule has 1 N–H and O–H groups in total. The Morgan fingerprint density at radius 3 is 2.48 bits per heavy atom. The van der Waals surface area contributed by atoms with E-state index in [0.717, 1.165) is 5.56 Å². The van der Waals surface area contributed by atoms with Crippen molar-refractivity contribution in [1.29, 1.82) is 5.26 Å². The van der Waals surface area contributed by atoms with Gasteiger partial charge in [-0.3, -0.25) is 4.72 Å². The molecule has 0 saturated carbocycles. The molecule has 0 radical (unpaired) electrons. The third-order valence-corrected chi connectivity index (χ3v) is 5.49. The van der Waals surface area contributed by atoms with Crippen LogP contribution in [-0.2, 0) is 16.4 Å². The SMILES string of the molecule is N#CCc1ccc(S(=O)(=O)Nc2cccc(Cl)c2Br)cc1. The number of rotatable bonds is 4. The monoisotopic (exact) mass is 384 g/mol. The van der Waals surface area contributed by atoms with E-state index in [1.165, 1.54) is 12.1 Å². The van der Waals surface area contributed by atoms with Crippen LogP contribution in [0.2, 0.25) is 5.02 Å². The van der Waals surface area contributed by atoms with Gasteiger partial charge in [-0.05, 0) is 45.8 Å². The van der Waals surface area contributed by atoms with Crippen LogP contribution < -0.4 is 4.72 Å². The summed E-state index contributed by atoms with van der Waals surface area (Å²) < 4.78 is 27.5. The van der Waals surface area contributed by atoms with Crippen molar-refractivity contribution in [3.05, 3.63) is 57.5 Å². The Balaban J connectivity index is 2.30. The Kier molecular flexibility index (Phi) is 4.88. The first-order valence-electron chi connectivity index (χ1n) is 5.87. The quantitative estimate of drug-likeness (QED) is 0.865. The normalized spacial score (nSPS) is 10.9. The zero-order valence-corrected chi connectivity index (χ0v) is 13.8. The van der Waals surface area contributed by atoms with Crippen LogP contribution in [0.1, 0.15) is 5.56 Å². The lowest BCUT2D eigenvalue weighted by atomic mass is 10.2. The van der Waals surface area contributed by atoms with Crippen molar-refractivity contribution in [3.8, 4) is 6.07 Å². The van der Waals surface area contributed by atoms with Gasteiger partial charge >= 0.3 is 0 Å². The topological polar surface area (TPSA) is 70.0 Å². The van der Waals surface area contributed by atoms with E-state index in [4.69, 9.17) is 16.9 Å². The second-order valence-electron chi connectivity index (χ2n) is 4.19. The summed E-state index contributed by atoms with van der Waals surface area (Å²) in [5.74, 6) is 0. The van der Waals surface area contributed by atoms with E-state index in [1.807, 2.05) is 6.07 Å². The average Bonchev–Trinajstić information content (AvgIpc) is 2.45. The van der Waals surface area contributed by atoms with Crippen molar-refractivity contribution in [2.45, 2.75) is 11.3 Å². The van der Waals surface area contributed by atoms with Gasteiger partial charge in [0.2, 0.25) is 0 Å². The first-order valence-corrected chi connectivity index (χ1v) is 8.52. The molecule has 108 valence electrons. The number of benzene rings is 2. The molecule has 21 heavy (non-hydrogen) atoms. The van der Waals surface area contributed by atoms with Crippen LogP contribution >= 0.6 is 27.5 Å². The standard InChI is InChI=1S/C14H10BrClN2O2S/c15-14-12(16)2-1-3-13(14)18-21(19,20)11-6-4-10(5-7-11)8-9-17/h1-7,18H,8H2. The summed E-state index contributed by atoms with van der Waals surface area (Å²) >= 11 is 9.17. The van der Waals surface area contributed by atoms with Gasteiger partial charge in [0, 0.05) is 0 Å². The molecule has 0 unspecified atom stereocenters. The lowest BCUT2D eigenvalue weighted by molar-refractivity contribution is 0.601. The maximum Gasteiger partial charge on any atom is 0.261 e. The molecule has 0 heterocycles. The lowest BCUT2D eigenvalue weighted by Crippen LogP contribution is -2.13. The fourth-order valence-corrected chi connectivity index (χ4v) is 3.41. The molecule has 0 spiro atoms. The van der Waals surface area contributed by atoms with E-state index in [9.17, 15) is 8.42 Å². The number of sulfonamides is 1. The molecular formula is C14H10BrClN2O2S. The van der Waals surface area contributed by atoms with Gasteiger partial charge in [-0.2, -0.15) is 5.26 Å². The average molecular weight is 386 g/mol. The number of hydrogen-bond acceptors (Lipinski definition) is 3. The van der Waals surface area contributed by atoms with Crippen molar-refractivity contribution in [2.75, 3.05) is 4.72 Å². The van der Waals surface area contributed by atoms with Crippen LogP contribution in [0.25, 0.3) is 0 Å². The molecule has 2 rings (SSSR count). The molecule has 0 fully saturated rings. The van der Waals surface area contributed by atoms with Crippen molar-refractivity contribution < 1.29 is 8.42 Å². The number of nitriles is 1. The fraction of sp³-hybridized carbons (Fsp3) is 0.0714. The van der Waals surface area contributed by atoms with Gasteiger partial charge in [0.25, 0.3) is 10.0 Å². The molecule has 4 nitrogen and oxygen atoms in total. The lowest BCUT2D eigenvalue weighted by Gasteiger charge is -2.10. The van der Waals surface area contributed by atoms with Gasteiger partial charge in [0.05, 0.1) is 32.6 Å². The molecule has 0 aromatic heterocycles. The van der Waals surface area contributed by atoms with E-state index in [0.29, 0.717) is 15.2 Å². The highest BCUT2D eigenvalue weighted by molar-refractivity contribution is 9.10. The third-order valence-electron chi connectivity index (χ3n) is 2.71. The zero-order valence-electron chi connectivity index (χ0n) is 10.7. The molecule has 0 saturated heterocycles. The largest absolute Gasteiger partial charge is 0.278 e. The Labute approximate surface area is 136 Å². The minimum Gasteiger partial charge on any atom is -0.278 e. The number of halogens is 2. The van der Waals surface area contributed by atoms with E-state index >= 15 is 0 Å². The highest BCUT2D eigenvalue weighted by Crippen LogP contribution is 2.31. The number of hydrogen-bond donors (Lipinski definition) is 1. The Morgan fingerprint density at radius 1 is 1.19 bits per heavy atom. The highest BCUT2D eigenvalue weighted by Gasteiger charge is 2.16. The zero-order chi connectivity index (χ0) is 15.5. The molecule has 0 atom stereocenters. The van der Waals surface area contributed by atoms with Gasteiger partial charge in [0.15, 0.2) is 0 Å². The number of nitrogens with one attached hydrogen (secondary N) is 1. The summed E-state index contributed by atoms with van der Waals surface area (Å²) in [6, 6.07) is 13.1. The van der Waals surface area contributed by atoms with Crippen LogP contribution in [0.3, 0.4) is 0 Å². The molecule has 7 heteroatoms. The van der Waals surface area contributed by atoms with Crippen LogP contribution in [0.5, 0.6) is 0 Å². The number of anilines is 1. The smallest absolute Gasteiger partial charge is 0.261 e. The minimum absolute atomic E-state index is 0.121. The molecule has 0 aliphatic heterocycles.